The Hall–Kier alpha value is -3.26. The lowest BCUT2D eigenvalue weighted by molar-refractivity contribution is -0.112. The topological polar surface area (TPSA) is 59.4 Å². The lowest BCUT2D eigenvalue weighted by Gasteiger charge is -2.36. The molecule has 5 heteroatoms. The molecule has 0 aliphatic carbocycles. The summed E-state index contributed by atoms with van der Waals surface area (Å²) in [6.45, 7) is 11.7. The zero-order valence-electron chi connectivity index (χ0n) is 19.0. The summed E-state index contributed by atoms with van der Waals surface area (Å²) in [5.41, 5.74) is 7.04. The van der Waals surface area contributed by atoms with E-state index in [4.69, 9.17) is 0 Å². The van der Waals surface area contributed by atoms with Crippen LogP contribution in [-0.4, -0.2) is 37.0 Å². The summed E-state index contributed by atoms with van der Waals surface area (Å²) in [7, 11) is 0. The van der Waals surface area contributed by atoms with Crippen molar-refractivity contribution in [2.24, 2.45) is 0 Å². The molecule has 0 unspecified atom stereocenters. The van der Waals surface area contributed by atoms with Crippen molar-refractivity contribution in [3.05, 3.63) is 70.4 Å². The van der Waals surface area contributed by atoms with E-state index < -0.39 is 0 Å². The van der Waals surface area contributed by atoms with Crippen molar-refractivity contribution in [1.29, 1.82) is 5.26 Å². The summed E-state index contributed by atoms with van der Waals surface area (Å²) >= 11 is 0. The molecule has 5 nitrogen and oxygen atoms in total. The number of hydrogen-bond donors (Lipinski definition) is 1. The highest BCUT2D eigenvalue weighted by Gasteiger charge is 2.20. The Labute approximate surface area is 186 Å². The van der Waals surface area contributed by atoms with Crippen molar-refractivity contribution in [2.45, 2.75) is 40.5 Å². The average molecular weight is 417 g/mol. The number of anilines is 2. The van der Waals surface area contributed by atoms with Gasteiger partial charge in [0, 0.05) is 43.8 Å². The number of rotatable bonds is 6. The number of amides is 1. The van der Waals surface area contributed by atoms with Gasteiger partial charge in [-0.2, -0.15) is 5.26 Å². The number of para-hydroxylation sites is 1. The number of carbonyl (C=O) groups excluding carboxylic acids is 1. The molecule has 1 amide bonds. The monoisotopic (exact) mass is 416 g/mol. The second-order valence-corrected chi connectivity index (χ2v) is 8.01. The van der Waals surface area contributed by atoms with Crippen LogP contribution in [0.3, 0.4) is 0 Å². The van der Waals surface area contributed by atoms with Crippen molar-refractivity contribution in [2.75, 3.05) is 36.4 Å². The molecule has 0 bridgehead atoms. The molecule has 1 aliphatic heterocycles. The number of piperazine rings is 1. The molecule has 162 valence electrons. The van der Waals surface area contributed by atoms with Crippen molar-refractivity contribution in [1.82, 2.24) is 4.90 Å². The van der Waals surface area contributed by atoms with Crippen LogP contribution < -0.4 is 10.2 Å². The van der Waals surface area contributed by atoms with Crippen LogP contribution in [0, 0.1) is 25.2 Å². The number of nitrogens with one attached hydrogen (secondary N) is 1. The van der Waals surface area contributed by atoms with Crippen LogP contribution >= 0.6 is 0 Å². The molecule has 0 aromatic heterocycles. The van der Waals surface area contributed by atoms with E-state index in [1.807, 2.05) is 18.2 Å². The first-order valence-electron chi connectivity index (χ1n) is 11.1. The predicted molar refractivity (Wildman–Crippen MR) is 127 cm³/mol. The second-order valence-electron chi connectivity index (χ2n) is 8.01. The number of nitrogens with zero attached hydrogens (tertiary/aromatic N) is 3. The van der Waals surface area contributed by atoms with Crippen LogP contribution in [0.1, 0.15) is 36.1 Å². The lowest BCUT2D eigenvalue weighted by Crippen LogP contribution is -2.44. The lowest BCUT2D eigenvalue weighted by atomic mass is 10.0. The van der Waals surface area contributed by atoms with E-state index in [2.05, 4.69) is 67.1 Å². The van der Waals surface area contributed by atoms with E-state index >= 15 is 0 Å². The third-order valence-electron chi connectivity index (χ3n) is 6.15. The van der Waals surface area contributed by atoms with Gasteiger partial charge in [0.25, 0.3) is 5.91 Å². The maximum atomic E-state index is 12.9. The molecule has 2 aromatic rings. The molecular formula is C26H32N4O. The standard InChI is InChI=1S/C26H32N4O/c1-5-21-10-8-11-22(6-2)25(21)28-26(31)23(17-27)18-29-13-15-30(16-14-29)24-12-7-9-19(3)20(24)4/h7-12,18H,5-6,13-16H2,1-4H3,(H,28,31)/b23-18-. The van der Waals surface area contributed by atoms with Crippen LogP contribution in [0.2, 0.25) is 0 Å². The molecule has 3 rings (SSSR count). The van der Waals surface area contributed by atoms with Crippen LogP contribution in [0.25, 0.3) is 0 Å². The third kappa shape index (κ3) is 5.08. The molecule has 1 N–H and O–H groups in total. The average Bonchev–Trinajstić information content (AvgIpc) is 2.79. The molecule has 2 aromatic carbocycles. The molecule has 1 saturated heterocycles. The minimum absolute atomic E-state index is 0.146. The minimum atomic E-state index is -0.338. The van der Waals surface area contributed by atoms with Gasteiger partial charge >= 0.3 is 0 Å². The molecule has 1 heterocycles. The smallest absolute Gasteiger partial charge is 0.267 e. The van der Waals surface area contributed by atoms with Crippen LogP contribution in [-0.2, 0) is 17.6 Å². The Bertz CT molecular complexity index is 988. The van der Waals surface area contributed by atoms with Gasteiger partial charge in [-0.3, -0.25) is 4.79 Å². The summed E-state index contributed by atoms with van der Waals surface area (Å²) in [5.74, 6) is -0.338. The van der Waals surface area contributed by atoms with Gasteiger partial charge in [-0.1, -0.05) is 44.2 Å². The first-order chi connectivity index (χ1) is 15.0. The van der Waals surface area contributed by atoms with E-state index in [1.165, 1.54) is 16.8 Å². The van der Waals surface area contributed by atoms with Gasteiger partial charge in [-0.25, -0.2) is 0 Å². The van der Waals surface area contributed by atoms with E-state index in [9.17, 15) is 10.1 Å². The SMILES string of the molecule is CCc1cccc(CC)c1NC(=O)/C(C#N)=C\N1CCN(c2cccc(C)c2C)CC1. The Morgan fingerprint density at radius 3 is 2.23 bits per heavy atom. The quantitative estimate of drug-likeness (QED) is 0.552. The zero-order valence-corrected chi connectivity index (χ0v) is 19.0. The number of carbonyl (C=O) groups is 1. The normalized spacial score (nSPS) is 14.4. The number of nitriles is 1. The van der Waals surface area contributed by atoms with Gasteiger partial charge in [0.05, 0.1) is 0 Å². The molecule has 0 saturated carbocycles. The van der Waals surface area contributed by atoms with Gasteiger partial charge in [0.2, 0.25) is 0 Å². The van der Waals surface area contributed by atoms with Gasteiger partial charge in [0.1, 0.15) is 11.6 Å². The fourth-order valence-electron chi connectivity index (χ4n) is 4.07. The number of hydrogen-bond acceptors (Lipinski definition) is 4. The van der Waals surface area contributed by atoms with Crippen LogP contribution in [0.4, 0.5) is 11.4 Å². The van der Waals surface area contributed by atoms with Gasteiger partial charge in [-0.15, -0.1) is 0 Å². The maximum absolute atomic E-state index is 12.9. The highest BCUT2D eigenvalue weighted by molar-refractivity contribution is 6.07. The maximum Gasteiger partial charge on any atom is 0.267 e. The van der Waals surface area contributed by atoms with E-state index in [1.54, 1.807) is 6.20 Å². The van der Waals surface area contributed by atoms with E-state index in [0.29, 0.717) is 0 Å². The molecule has 31 heavy (non-hydrogen) atoms. The zero-order chi connectivity index (χ0) is 22.4. The Kier molecular flexibility index (Phi) is 7.36. The third-order valence-corrected chi connectivity index (χ3v) is 6.15. The van der Waals surface area contributed by atoms with Crippen molar-refractivity contribution < 1.29 is 4.79 Å². The van der Waals surface area contributed by atoms with Crippen molar-refractivity contribution >= 4 is 17.3 Å². The largest absolute Gasteiger partial charge is 0.373 e. The van der Waals surface area contributed by atoms with Gasteiger partial charge in [0.15, 0.2) is 0 Å². The van der Waals surface area contributed by atoms with Crippen molar-refractivity contribution in [3.8, 4) is 6.07 Å². The predicted octanol–water partition coefficient (Wildman–Crippen LogP) is 4.60. The summed E-state index contributed by atoms with van der Waals surface area (Å²) in [4.78, 5) is 17.3. The summed E-state index contributed by atoms with van der Waals surface area (Å²) in [5, 5.41) is 12.6. The van der Waals surface area contributed by atoms with Crippen molar-refractivity contribution in [3.63, 3.8) is 0 Å². The second kappa shape index (κ2) is 10.2. The molecule has 1 aliphatic rings. The molecular weight excluding hydrogens is 384 g/mol. The fraction of sp³-hybridized carbons (Fsp3) is 0.385. The first-order valence-corrected chi connectivity index (χ1v) is 11.1. The summed E-state index contributed by atoms with van der Waals surface area (Å²) in [6, 6.07) is 14.6. The van der Waals surface area contributed by atoms with E-state index in [0.717, 1.165) is 55.8 Å². The Morgan fingerprint density at radius 2 is 1.65 bits per heavy atom. The molecule has 0 atom stereocenters. The highest BCUT2D eigenvalue weighted by atomic mass is 16.1. The summed E-state index contributed by atoms with van der Waals surface area (Å²) < 4.78 is 0. The summed E-state index contributed by atoms with van der Waals surface area (Å²) in [6.07, 6.45) is 3.38. The molecule has 0 spiro atoms. The van der Waals surface area contributed by atoms with Crippen LogP contribution in [0.5, 0.6) is 0 Å². The Morgan fingerprint density at radius 1 is 1.03 bits per heavy atom. The molecule has 0 radical (unpaired) electrons. The molecule has 1 fully saturated rings. The van der Waals surface area contributed by atoms with E-state index in [-0.39, 0.29) is 11.5 Å². The number of benzene rings is 2. The first kappa shape index (κ1) is 22.4. The van der Waals surface area contributed by atoms with Gasteiger partial charge < -0.3 is 15.1 Å². The fourth-order valence-corrected chi connectivity index (χ4v) is 4.07. The Balaban J connectivity index is 1.70. The number of aryl methyl sites for hydroxylation is 3. The van der Waals surface area contributed by atoms with Crippen LogP contribution in [0.15, 0.2) is 48.2 Å². The minimum Gasteiger partial charge on any atom is -0.373 e. The van der Waals surface area contributed by atoms with Gasteiger partial charge in [-0.05, 0) is 55.0 Å². The highest BCUT2D eigenvalue weighted by Crippen LogP contribution is 2.25.